The van der Waals surface area contributed by atoms with E-state index in [1.807, 2.05) is 0 Å². The van der Waals surface area contributed by atoms with Crippen LogP contribution in [-0.4, -0.2) is 32.7 Å². The first-order valence-corrected chi connectivity index (χ1v) is 7.56. The molecule has 132 valence electrons. The molecule has 0 aliphatic heterocycles. The molecule has 7 nitrogen and oxygen atoms in total. The first kappa shape index (κ1) is 18.4. The van der Waals surface area contributed by atoms with E-state index in [1.54, 1.807) is 31.4 Å². The molecule has 0 fully saturated rings. The maximum atomic E-state index is 12.1. The highest BCUT2D eigenvalue weighted by molar-refractivity contribution is 6.33. The van der Waals surface area contributed by atoms with Gasteiger partial charge in [-0.15, -0.1) is 0 Å². The highest BCUT2D eigenvalue weighted by Crippen LogP contribution is 2.29. The zero-order valence-corrected chi connectivity index (χ0v) is 14.4. The fraction of sp³-hybridized carbons (Fsp3) is 0.176. The zero-order chi connectivity index (χ0) is 18.4. The zero-order valence-electron chi connectivity index (χ0n) is 13.7. The van der Waals surface area contributed by atoms with Crippen LogP contribution in [0.5, 0.6) is 11.5 Å². The second-order valence-corrected chi connectivity index (χ2v) is 5.33. The minimum absolute atomic E-state index is 0.0824. The lowest BCUT2D eigenvalue weighted by atomic mass is 10.2. The summed E-state index contributed by atoms with van der Waals surface area (Å²) >= 11 is 5.90. The largest absolute Gasteiger partial charge is 0.497 e. The van der Waals surface area contributed by atoms with Crippen molar-refractivity contribution in [1.82, 2.24) is 0 Å². The third-order valence-corrected chi connectivity index (χ3v) is 3.57. The maximum absolute atomic E-state index is 12.1. The molecule has 0 saturated carbocycles. The number of carbonyl (C=O) groups excluding carboxylic acids is 2. The van der Waals surface area contributed by atoms with Gasteiger partial charge in [0, 0.05) is 11.8 Å². The predicted molar refractivity (Wildman–Crippen MR) is 94.3 cm³/mol. The van der Waals surface area contributed by atoms with Crippen molar-refractivity contribution in [3.8, 4) is 11.5 Å². The van der Waals surface area contributed by atoms with E-state index >= 15 is 0 Å². The monoisotopic (exact) mass is 364 g/mol. The Bertz CT molecular complexity index is 777. The minimum atomic E-state index is -0.747. The number of carbonyl (C=O) groups is 2. The number of esters is 1. The van der Waals surface area contributed by atoms with Crippen molar-refractivity contribution in [2.75, 3.05) is 31.9 Å². The minimum Gasteiger partial charge on any atom is -0.497 e. The SMILES string of the molecule is COc1ccc(NC(=O)COC(=O)c2cc(Cl)c(N)cc2OC)cc1. The van der Waals surface area contributed by atoms with Crippen molar-refractivity contribution in [3.63, 3.8) is 0 Å². The van der Waals surface area contributed by atoms with Crippen LogP contribution in [0.2, 0.25) is 5.02 Å². The number of anilines is 2. The molecule has 0 aromatic heterocycles. The summed E-state index contributed by atoms with van der Waals surface area (Å²) in [6.07, 6.45) is 0. The van der Waals surface area contributed by atoms with Crippen molar-refractivity contribution in [1.29, 1.82) is 0 Å². The molecule has 2 rings (SSSR count). The van der Waals surface area contributed by atoms with E-state index in [9.17, 15) is 9.59 Å². The van der Waals surface area contributed by atoms with Crippen LogP contribution in [-0.2, 0) is 9.53 Å². The number of hydrogen-bond acceptors (Lipinski definition) is 6. The molecule has 0 radical (unpaired) electrons. The Hall–Kier alpha value is -2.93. The van der Waals surface area contributed by atoms with Crippen LogP contribution in [0, 0.1) is 0 Å². The number of hydrogen-bond donors (Lipinski definition) is 2. The normalized spacial score (nSPS) is 10.0. The van der Waals surface area contributed by atoms with E-state index in [0.29, 0.717) is 11.4 Å². The Balaban J connectivity index is 1.97. The summed E-state index contributed by atoms with van der Waals surface area (Å²) < 4.78 is 15.1. The molecule has 0 heterocycles. The predicted octanol–water partition coefficient (Wildman–Crippen LogP) is 2.73. The summed E-state index contributed by atoms with van der Waals surface area (Å²) in [5.41, 5.74) is 6.56. The molecule has 3 N–H and O–H groups in total. The first-order chi connectivity index (χ1) is 11.9. The van der Waals surface area contributed by atoms with Crippen LogP contribution in [0.15, 0.2) is 36.4 Å². The molecule has 1 amide bonds. The summed E-state index contributed by atoms with van der Waals surface area (Å²) in [5, 5.41) is 2.79. The molecule has 25 heavy (non-hydrogen) atoms. The quantitative estimate of drug-likeness (QED) is 0.604. The number of halogens is 1. The van der Waals surface area contributed by atoms with E-state index in [4.69, 9.17) is 31.5 Å². The third kappa shape index (κ3) is 4.77. The molecule has 0 spiro atoms. The molecule has 0 aliphatic rings. The van der Waals surface area contributed by atoms with Gasteiger partial charge < -0.3 is 25.3 Å². The Labute approximate surface area is 149 Å². The lowest BCUT2D eigenvalue weighted by Crippen LogP contribution is -2.21. The van der Waals surface area contributed by atoms with E-state index < -0.39 is 18.5 Å². The average Bonchev–Trinajstić information content (AvgIpc) is 2.62. The molecule has 0 saturated heterocycles. The molecule has 0 bridgehead atoms. The smallest absolute Gasteiger partial charge is 0.342 e. The fourth-order valence-corrected chi connectivity index (χ4v) is 2.14. The van der Waals surface area contributed by atoms with Gasteiger partial charge in [0.15, 0.2) is 6.61 Å². The number of amides is 1. The summed E-state index contributed by atoms with van der Waals surface area (Å²) in [5.74, 6) is -0.359. The topological polar surface area (TPSA) is 99.9 Å². The van der Waals surface area contributed by atoms with Gasteiger partial charge in [0.2, 0.25) is 0 Å². The molecule has 8 heteroatoms. The number of nitrogens with two attached hydrogens (primary N) is 1. The molecule has 2 aromatic rings. The van der Waals surface area contributed by atoms with Crippen molar-refractivity contribution in [2.45, 2.75) is 0 Å². The summed E-state index contributed by atoms with van der Waals surface area (Å²) in [6, 6.07) is 9.48. The molecule has 0 aliphatic carbocycles. The molecular weight excluding hydrogens is 348 g/mol. The number of nitrogens with one attached hydrogen (secondary N) is 1. The molecule has 0 unspecified atom stereocenters. The second-order valence-electron chi connectivity index (χ2n) is 4.93. The van der Waals surface area contributed by atoms with Gasteiger partial charge in [-0.1, -0.05) is 11.6 Å². The van der Waals surface area contributed by atoms with Crippen LogP contribution in [0.1, 0.15) is 10.4 Å². The molecular formula is C17H17ClN2O5. The lowest BCUT2D eigenvalue weighted by Gasteiger charge is -2.11. The Kier molecular flexibility index (Phi) is 6.08. The van der Waals surface area contributed by atoms with Crippen LogP contribution >= 0.6 is 11.6 Å². The van der Waals surface area contributed by atoms with E-state index in [0.717, 1.165) is 0 Å². The number of nitrogen functional groups attached to an aromatic ring is 1. The average molecular weight is 365 g/mol. The van der Waals surface area contributed by atoms with E-state index in [2.05, 4.69) is 5.32 Å². The second kappa shape index (κ2) is 8.25. The van der Waals surface area contributed by atoms with Gasteiger partial charge in [-0.05, 0) is 30.3 Å². The number of methoxy groups -OCH3 is 2. The van der Waals surface area contributed by atoms with Crippen LogP contribution in [0.3, 0.4) is 0 Å². The van der Waals surface area contributed by atoms with Crippen molar-refractivity contribution >= 4 is 34.9 Å². The van der Waals surface area contributed by atoms with Crippen LogP contribution < -0.4 is 20.5 Å². The lowest BCUT2D eigenvalue weighted by molar-refractivity contribution is -0.119. The number of ether oxygens (including phenoxy) is 3. The standard InChI is InChI=1S/C17H17ClN2O5/c1-23-11-5-3-10(4-6-11)20-16(21)9-25-17(22)12-7-13(18)14(19)8-15(12)24-2/h3-8H,9,19H2,1-2H3,(H,20,21). The van der Waals surface area contributed by atoms with Gasteiger partial charge in [-0.25, -0.2) is 4.79 Å². The van der Waals surface area contributed by atoms with Crippen LogP contribution in [0.4, 0.5) is 11.4 Å². The summed E-state index contributed by atoms with van der Waals surface area (Å²) in [4.78, 5) is 24.0. The van der Waals surface area contributed by atoms with Gasteiger partial charge in [0.25, 0.3) is 5.91 Å². The van der Waals surface area contributed by atoms with Gasteiger partial charge in [0.05, 0.1) is 24.9 Å². The summed E-state index contributed by atoms with van der Waals surface area (Å²) in [6.45, 7) is -0.462. The Morgan fingerprint density at radius 3 is 2.40 bits per heavy atom. The summed E-state index contributed by atoms with van der Waals surface area (Å²) in [7, 11) is 2.93. The first-order valence-electron chi connectivity index (χ1n) is 7.18. The van der Waals surface area contributed by atoms with Gasteiger partial charge in [0.1, 0.15) is 17.1 Å². The van der Waals surface area contributed by atoms with Gasteiger partial charge in [-0.2, -0.15) is 0 Å². The van der Waals surface area contributed by atoms with Crippen molar-refractivity contribution in [2.24, 2.45) is 0 Å². The number of rotatable bonds is 6. The van der Waals surface area contributed by atoms with Crippen molar-refractivity contribution in [3.05, 3.63) is 47.0 Å². The third-order valence-electron chi connectivity index (χ3n) is 3.25. The van der Waals surface area contributed by atoms with Gasteiger partial charge in [-0.3, -0.25) is 4.79 Å². The maximum Gasteiger partial charge on any atom is 0.342 e. The highest BCUT2D eigenvalue weighted by atomic mass is 35.5. The van der Waals surface area contributed by atoms with Gasteiger partial charge >= 0.3 is 5.97 Å². The van der Waals surface area contributed by atoms with E-state index in [-0.39, 0.29) is 22.0 Å². The van der Waals surface area contributed by atoms with Crippen LogP contribution in [0.25, 0.3) is 0 Å². The highest BCUT2D eigenvalue weighted by Gasteiger charge is 2.17. The Morgan fingerprint density at radius 1 is 1.12 bits per heavy atom. The fourth-order valence-electron chi connectivity index (χ4n) is 1.98. The molecule has 0 atom stereocenters. The molecule has 2 aromatic carbocycles. The Morgan fingerprint density at radius 2 is 1.80 bits per heavy atom. The van der Waals surface area contributed by atoms with E-state index in [1.165, 1.54) is 19.2 Å². The van der Waals surface area contributed by atoms with Crippen molar-refractivity contribution < 1.29 is 23.8 Å². The number of benzene rings is 2.